The summed E-state index contributed by atoms with van der Waals surface area (Å²) in [4.78, 5) is 35.8. The number of nitrogens with two attached hydrogens (primary N) is 1. The number of halogens is 1. The molecule has 1 saturated heterocycles. The molecule has 0 radical (unpaired) electrons. The van der Waals surface area contributed by atoms with Gasteiger partial charge in [0.15, 0.2) is 0 Å². The quantitative estimate of drug-likeness (QED) is 0.634. The highest BCUT2D eigenvalue weighted by atomic mass is 19.1. The SMILES string of the molecule is Nc1ccc(F)c(NC(=O)CN2C(=O)CCCC2=O)c1. The zero-order chi connectivity index (χ0) is 14.7. The second-order valence-electron chi connectivity index (χ2n) is 4.51. The minimum absolute atomic E-state index is 0.0769. The van der Waals surface area contributed by atoms with E-state index in [2.05, 4.69) is 5.32 Å². The van der Waals surface area contributed by atoms with Gasteiger partial charge in [0, 0.05) is 18.5 Å². The second kappa shape index (κ2) is 5.68. The number of benzene rings is 1. The molecular weight excluding hydrogens is 265 g/mol. The van der Waals surface area contributed by atoms with Gasteiger partial charge in [-0.15, -0.1) is 0 Å². The highest BCUT2D eigenvalue weighted by Crippen LogP contribution is 2.18. The number of rotatable bonds is 3. The van der Waals surface area contributed by atoms with E-state index < -0.39 is 18.3 Å². The first-order valence-corrected chi connectivity index (χ1v) is 6.15. The van der Waals surface area contributed by atoms with Gasteiger partial charge in [-0.25, -0.2) is 4.39 Å². The number of nitrogen functional groups attached to an aromatic ring is 1. The van der Waals surface area contributed by atoms with Gasteiger partial charge in [-0.2, -0.15) is 0 Å². The van der Waals surface area contributed by atoms with Crippen molar-refractivity contribution in [3.63, 3.8) is 0 Å². The summed E-state index contributed by atoms with van der Waals surface area (Å²) >= 11 is 0. The fourth-order valence-electron chi connectivity index (χ4n) is 1.95. The van der Waals surface area contributed by atoms with Gasteiger partial charge in [0.25, 0.3) is 0 Å². The summed E-state index contributed by atoms with van der Waals surface area (Å²) in [6, 6.07) is 3.76. The molecule has 2 rings (SSSR count). The van der Waals surface area contributed by atoms with Gasteiger partial charge in [-0.1, -0.05) is 0 Å². The predicted octanol–water partition coefficient (Wildman–Crippen LogP) is 0.885. The van der Waals surface area contributed by atoms with Crippen molar-refractivity contribution >= 4 is 29.1 Å². The first kappa shape index (κ1) is 14.0. The minimum atomic E-state index is -0.641. The van der Waals surface area contributed by atoms with E-state index in [1.807, 2.05) is 0 Å². The van der Waals surface area contributed by atoms with Gasteiger partial charge in [-0.3, -0.25) is 19.3 Å². The molecule has 1 aromatic rings. The van der Waals surface area contributed by atoms with E-state index in [0.29, 0.717) is 12.1 Å². The molecule has 0 aromatic heterocycles. The third-order valence-electron chi connectivity index (χ3n) is 2.95. The first-order chi connectivity index (χ1) is 9.47. The van der Waals surface area contributed by atoms with Crippen LogP contribution in [-0.2, 0) is 14.4 Å². The Morgan fingerprint density at radius 3 is 2.60 bits per heavy atom. The average Bonchev–Trinajstić information content (AvgIpc) is 2.38. The summed E-state index contributed by atoms with van der Waals surface area (Å²) in [7, 11) is 0. The van der Waals surface area contributed by atoms with Crippen LogP contribution in [0.2, 0.25) is 0 Å². The highest BCUT2D eigenvalue weighted by molar-refractivity contribution is 6.03. The van der Waals surface area contributed by atoms with Gasteiger partial charge < -0.3 is 11.1 Å². The second-order valence-corrected chi connectivity index (χ2v) is 4.51. The fraction of sp³-hybridized carbons (Fsp3) is 0.308. The molecule has 20 heavy (non-hydrogen) atoms. The smallest absolute Gasteiger partial charge is 0.244 e. The van der Waals surface area contributed by atoms with Crippen molar-refractivity contribution in [2.24, 2.45) is 0 Å². The van der Waals surface area contributed by atoms with Gasteiger partial charge in [-0.05, 0) is 24.6 Å². The molecule has 0 aliphatic carbocycles. The Labute approximate surface area is 114 Å². The van der Waals surface area contributed by atoms with Crippen LogP contribution in [0.5, 0.6) is 0 Å². The van der Waals surface area contributed by atoms with E-state index in [1.54, 1.807) is 0 Å². The molecule has 0 saturated carbocycles. The van der Waals surface area contributed by atoms with Crippen molar-refractivity contribution < 1.29 is 18.8 Å². The standard InChI is InChI=1S/C13H14FN3O3/c14-9-5-4-8(15)6-10(9)16-11(18)7-17-12(19)2-1-3-13(17)20/h4-6H,1-3,7,15H2,(H,16,18). The largest absolute Gasteiger partial charge is 0.399 e. The lowest BCUT2D eigenvalue weighted by Crippen LogP contribution is -2.44. The number of imide groups is 1. The molecule has 0 atom stereocenters. The molecular formula is C13H14FN3O3. The zero-order valence-electron chi connectivity index (χ0n) is 10.7. The maximum Gasteiger partial charge on any atom is 0.244 e. The number of nitrogens with zero attached hydrogens (tertiary/aromatic N) is 1. The molecule has 1 heterocycles. The van der Waals surface area contributed by atoms with Crippen molar-refractivity contribution in [1.29, 1.82) is 0 Å². The summed E-state index contributed by atoms with van der Waals surface area (Å²) in [5.41, 5.74) is 5.72. The molecule has 3 amide bonds. The third-order valence-corrected chi connectivity index (χ3v) is 2.95. The van der Waals surface area contributed by atoms with Gasteiger partial charge >= 0.3 is 0 Å². The monoisotopic (exact) mass is 279 g/mol. The highest BCUT2D eigenvalue weighted by Gasteiger charge is 2.27. The molecule has 1 aromatic carbocycles. The van der Waals surface area contributed by atoms with Crippen molar-refractivity contribution in [3.05, 3.63) is 24.0 Å². The Hall–Kier alpha value is -2.44. The van der Waals surface area contributed by atoms with Crippen LogP contribution >= 0.6 is 0 Å². The maximum absolute atomic E-state index is 13.4. The van der Waals surface area contributed by atoms with Crippen LogP contribution in [-0.4, -0.2) is 29.2 Å². The number of likely N-dealkylation sites (tertiary alicyclic amines) is 1. The molecule has 0 unspecified atom stereocenters. The van der Waals surface area contributed by atoms with Crippen molar-refractivity contribution in [3.8, 4) is 0 Å². The van der Waals surface area contributed by atoms with Gasteiger partial charge in [0.05, 0.1) is 5.69 Å². The Morgan fingerprint density at radius 2 is 1.95 bits per heavy atom. The number of carbonyl (C=O) groups excluding carboxylic acids is 3. The summed E-state index contributed by atoms with van der Waals surface area (Å²) in [5, 5.41) is 2.30. The van der Waals surface area contributed by atoms with Crippen LogP contribution in [0.15, 0.2) is 18.2 Å². The molecule has 0 bridgehead atoms. The van der Waals surface area contributed by atoms with Crippen LogP contribution in [0, 0.1) is 5.82 Å². The molecule has 7 heteroatoms. The average molecular weight is 279 g/mol. The molecule has 1 aliphatic heterocycles. The molecule has 1 fully saturated rings. The first-order valence-electron chi connectivity index (χ1n) is 6.15. The van der Waals surface area contributed by atoms with Crippen LogP contribution in [0.4, 0.5) is 15.8 Å². The normalized spacial score (nSPS) is 15.3. The van der Waals surface area contributed by atoms with E-state index in [-0.39, 0.29) is 30.3 Å². The number of hydrogen-bond acceptors (Lipinski definition) is 4. The summed E-state index contributed by atoms with van der Waals surface area (Å²) in [6.45, 7) is -0.411. The van der Waals surface area contributed by atoms with E-state index in [0.717, 1.165) is 11.0 Å². The summed E-state index contributed by atoms with van der Waals surface area (Å²) < 4.78 is 13.4. The zero-order valence-corrected chi connectivity index (χ0v) is 10.7. The summed E-state index contributed by atoms with van der Waals surface area (Å²) in [6.07, 6.45) is 0.983. The number of anilines is 2. The molecule has 0 spiro atoms. The topological polar surface area (TPSA) is 92.5 Å². The number of hydrogen-bond donors (Lipinski definition) is 2. The Kier molecular flexibility index (Phi) is 3.97. The number of amides is 3. The fourth-order valence-corrected chi connectivity index (χ4v) is 1.95. The summed E-state index contributed by atoms with van der Waals surface area (Å²) in [5.74, 6) is -2.05. The molecule has 3 N–H and O–H groups in total. The Morgan fingerprint density at radius 1 is 1.30 bits per heavy atom. The van der Waals surface area contributed by atoms with Crippen molar-refractivity contribution in [1.82, 2.24) is 4.90 Å². The maximum atomic E-state index is 13.4. The lowest BCUT2D eigenvalue weighted by Gasteiger charge is -2.24. The number of carbonyl (C=O) groups is 3. The van der Waals surface area contributed by atoms with Crippen molar-refractivity contribution in [2.75, 3.05) is 17.6 Å². The van der Waals surface area contributed by atoms with E-state index in [4.69, 9.17) is 5.73 Å². The lowest BCUT2D eigenvalue weighted by molar-refractivity contribution is -0.150. The molecule has 106 valence electrons. The number of nitrogens with one attached hydrogen (secondary N) is 1. The van der Waals surface area contributed by atoms with E-state index in [1.165, 1.54) is 12.1 Å². The third kappa shape index (κ3) is 3.11. The van der Waals surface area contributed by atoms with Gasteiger partial charge in [0.2, 0.25) is 17.7 Å². The van der Waals surface area contributed by atoms with E-state index >= 15 is 0 Å². The Bertz CT molecular complexity index is 558. The van der Waals surface area contributed by atoms with Crippen molar-refractivity contribution in [2.45, 2.75) is 19.3 Å². The molecule has 6 nitrogen and oxygen atoms in total. The van der Waals surface area contributed by atoms with Crippen LogP contribution < -0.4 is 11.1 Å². The Balaban J connectivity index is 2.03. The van der Waals surface area contributed by atoms with Crippen LogP contribution in [0.3, 0.4) is 0 Å². The number of piperidine rings is 1. The lowest BCUT2D eigenvalue weighted by atomic mass is 10.1. The van der Waals surface area contributed by atoms with Gasteiger partial charge in [0.1, 0.15) is 12.4 Å². The predicted molar refractivity (Wildman–Crippen MR) is 70.0 cm³/mol. The molecule has 1 aliphatic rings. The van der Waals surface area contributed by atoms with E-state index in [9.17, 15) is 18.8 Å². The minimum Gasteiger partial charge on any atom is -0.399 e. The van der Waals surface area contributed by atoms with Crippen LogP contribution in [0.25, 0.3) is 0 Å². The van der Waals surface area contributed by atoms with Crippen LogP contribution in [0.1, 0.15) is 19.3 Å².